The fourth-order valence-corrected chi connectivity index (χ4v) is 2.46. The third-order valence-corrected chi connectivity index (χ3v) is 3.78. The summed E-state index contributed by atoms with van der Waals surface area (Å²) >= 11 is 0. The number of carbonyl (C=O) groups excluding carboxylic acids is 1. The minimum absolute atomic E-state index is 0.00884. The molecule has 7 nitrogen and oxygen atoms in total. The van der Waals surface area contributed by atoms with Gasteiger partial charge < -0.3 is 15.2 Å². The van der Waals surface area contributed by atoms with Gasteiger partial charge in [-0.25, -0.2) is 17.9 Å². The van der Waals surface area contributed by atoms with Crippen molar-refractivity contribution in [3.8, 4) is 5.75 Å². The van der Waals surface area contributed by atoms with Crippen LogP contribution in [0, 0.1) is 0 Å². The van der Waals surface area contributed by atoms with Crippen LogP contribution in [0.25, 0.3) is 0 Å². The topological polar surface area (TPSA) is 108 Å². The highest BCUT2D eigenvalue weighted by molar-refractivity contribution is 7.89. The lowest BCUT2D eigenvalue weighted by Gasteiger charge is -2.10. The number of sulfonamides is 1. The molecular formula is C11H16N2O5S. The van der Waals surface area contributed by atoms with Crippen LogP contribution in [0.4, 0.5) is 0 Å². The molecule has 0 aromatic heterocycles. The Kier molecular flexibility index (Phi) is 5.28. The number of methoxy groups -OCH3 is 2. The lowest BCUT2D eigenvalue weighted by Crippen LogP contribution is -2.29. The summed E-state index contributed by atoms with van der Waals surface area (Å²) in [5.74, 6) is -0.474. The average Bonchev–Trinajstić information content (AvgIpc) is 2.43. The van der Waals surface area contributed by atoms with Crippen LogP contribution in [0.5, 0.6) is 5.75 Å². The van der Waals surface area contributed by atoms with E-state index in [9.17, 15) is 13.2 Å². The van der Waals surface area contributed by atoms with Gasteiger partial charge in [0.05, 0.1) is 19.1 Å². The minimum Gasteiger partial charge on any atom is -0.496 e. The SMILES string of the molecule is COC(=O)c1ccc(S(=O)(=O)NCCN)cc1OC. The molecule has 1 aromatic rings. The summed E-state index contributed by atoms with van der Waals surface area (Å²) in [6.07, 6.45) is 0. The number of esters is 1. The molecule has 0 aliphatic heterocycles. The van der Waals surface area contributed by atoms with Gasteiger partial charge in [-0.05, 0) is 12.1 Å². The second kappa shape index (κ2) is 6.50. The van der Waals surface area contributed by atoms with Gasteiger partial charge in [0.2, 0.25) is 10.0 Å². The maximum Gasteiger partial charge on any atom is 0.341 e. The summed E-state index contributed by atoms with van der Waals surface area (Å²) in [5.41, 5.74) is 5.39. The second-order valence-electron chi connectivity index (χ2n) is 3.54. The highest BCUT2D eigenvalue weighted by Crippen LogP contribution is 2.23. The first-order valence-corrected chi connectivity index (χ1v) is 6.90. The Morgan fingerprint density at radius 3 is 2.58 bits per heavy atom. The van der Waals surface area contributed by atoms with Gasteiger partial charge in [-0.2, -0.15) is 0 Å². The van der Waals surface area contributed by atoms with Crippen molar-refractivity contribution in [1.29, 1.82) is 0 Å². The van der Waals surface area contributed by atoms with Gasteiger partial charge in [0, 0.05) is 19.2 Å². The van der Waals surface area contributed by atoms with Gasteiger partial charge in [-0.15, -0.1) is 0 Å². The molecule has 0 aliphatic rings. The predicted octanol–water partition coefficient (Wildman–Crippen LogP) is -0.281. The van der Waals surface area contributed by atoms with E-state index in [1.807, 2.05) is 0 Å². The molecule has 1 rings (SSSR count). The van der Waals surface area contributed by atoms with Gasteiger partial charge in [-0.1, -0.05) is 0 Å². The maximum absolute atomic E-state index is 11.9. The van der Waals surface area contributed by atoms with Crippen LogP contribution in [0.3, 0.4) is 0 Å². The third kappa shape index (κ3) is 3.66. The van der Waals surface area contributed by atoms with Gasteiger partial charge in [0.1, 0.15) is 11.3 Å². The predicted molar refractivity (Wildman–Crippen MR) is 68.6 cm³/mol. The van der Waals surface area contributed by atoms with Crippen molar-refractivity contribution >= 4 is 16.0 Å². The van der Waals surface area contributed by atoms with Gasteiger partial charge >= 0.3 is 5.97 Å². The summed E-state index contributed by atoms with van der Waals surface area (Å²) in [4.78, 5) is 11.4. The van der Waals surface area contributed by atoms with E-state index in [0.29, 0.717) is 0 Å². The normalized spacial score (nSPS) is 11.1. The van der Waals surface area contributed by atoms with Crippen molar-refractivity contribution in [3.63, 3.8) is 0 Å². The van der Waals surface area contributed by atoms with Crippen molar-refractivity contribution in [2.45, 2.75) is 4.90 Å². The molecule has 1 aromatic carbocycles. The standard InChI is InChI=1S/C11H16N2O5S/c1-17-10-7-8(19(15,16)13-6-5-12)3-4-9(10)11(14)18-2/h3-4,7,13H,5-6,12H2,1-2H3. The lowest BCUT2D eigenvalue weighted by atomic mass is 10.2. The Bertz CT molecular complexity index is 556. The van der Waals surface area contributed by atoms with Gasteiger partial charge in [0.15, 0.2) is 0 Å². The molecule has 0 amide bonds. The van der Waals surface area contributed by atoms with Crippen LogP contribution in [0.15, 0.2) is 23.1 Å². The van der Waals surface area contributed by atoms with E-state index in [1.165, 1.54) is 32.4 Å². The number of benzene rings is 1. The monoisotopic (exact) mass is 288 g/mol. The molecule has 0 saturated carbocycles. The van der Waals surface area contributed by atoms with Crippen LogP contribution >= 0.6 is 0 Å². The third-order valence-electron chi connectivity index (χ3n) is 2.33. The zero-order valence-electron chi connectivity index (χ0n) is 10.7. The Morgan fingerprint density at radius 1 is 1.37 bits per heavy atom. The molecule has 8 heteroatoms. The number of rotatable bonds is 6. The minimum atomic E-state index is -3.67. The number of nitrogens with two attached hydrogens (primary N) is 1. The van der Waals surface area contributed by atoms with Gasteiger partial charge in [-0.3, -0.25) is 0 Å². The van der Waals surface area contributed by atoms with Crippen LogP contribution < -0.4 is 15.2 Å². The zero-order chi connectivity index (χ0) is 14.5. The average molecular weight is 288 g/mol. The smallest absolute Gasteiger partial charge is 0.341 e. The summed E-state index contributed by atoms with van der Waals surface area (Å²) < 4.78 is 35.6. The Morgan fingerprint density at radius 2 is 2.05 bits per heavy atom. The first kappa shape index (κ1) is 15.4. The van der Waals surface area contributed by atoms with E-state index in [1.54, 1.807) is 0 Å². The summed E-state index contributed by atoms with van der Waals surface area (Å²) in [6, 6.07) is 3.89. The molecular weight excluding hydrogens is 272 g/mol. The van der Waals surface area contributed by atoms with E-state index < -0.39 is 16.0 Å². The summed E-state index contributed by atoms with van der Waals surface area (Å²) in [7, 11) is -1.10. The van der Waals surface area contributed by atoms with E-state index in [4.69, 9.17) is 10.5 Å². The highest BCUT2D eigenvalue weighted by Gasteiger charge is 2.19. The molecule has 19 heavy (non-hydrogen) atoms. The molecule has 0 unspecified atom stereocenters. The molecule has 0 bridgehead atoms. The summed E-state index contributed by atoms with van der Waals surface area (Å²) in [6.45, 7) is 0.319. The number of hydrogen-bond acceptors (Lipinski definition) is 6. The number of carbonyl (C=O) groups is 1. The molecule has 0 saturated heterocycles. The number of ether oxygens (including phenoxy) is 2. The van der Waals surface area contributed by atoms with Crippen molar-refractivity contribution in [3.05, 3.63) is 23.8 Å². The number of hydrogen-bond donors (Lipinski definition) is 2. The van der Waals surface area contributed by atoms with Crippen LogP contribution in [-0.4, -0.2) is 41.7 Å². The van der Waals surface area contributed by atoms with Crippen molar-refractivity contribution < 1.29 is 22.7 Å². The Labute approximate surface area is 111 Å². The van der Waals surface area contributed by atoms with Crippen LogP contribution in [0.2, 0.25) is 0 Å². The largest absolute Gasteiger partial charge is 0.496 e. The summed E-state index contributed by atoms with van der Waals surface area (Å²) in [5, 5.41) is 0. The molecule has 106 valence electrons. The number of nitrogens with one attached hydrogen (secondary N) is 1. The fourth-order valence-electron chi connectivity index (χ4n) is 1.39. The van der Waals surface area contributed by atoms with Crippen LogP contribution in [-0.2, 0) is 14.8 Å². The second-order valence-corrected chi connectivity index (χ2v) is 5.31. The van der Waals surface area contributed by atoms with Gasteiger partial charge in [0.25, 0.3) is 0 Å². The Hall–Kier alpha value is -1.64. The molecule has 0 heterocycles. The van der Waals surface area contributed by atoms with E-state index in [0.717, 1.165) is 0 Å². The van der Waals surface area contributed by atoms with Crippen molar-refractivity contribution in [2.75, 3.05) is 27.3 Å². The zero-order valence-corrected chi connectivity index (χ0v) is 11.5. The first-order valence-electron chi connectivity index (χ1n) is 5.42. The highest BCUT2D eigenvalue weighted by atomic mass is 32.2. The molecule has 0 aliphatic carbocycles. The molecule has 0 spiro atoms. The van der Waals surface area contributed by atoms with Crippen LogP contribution in [0.1, 0.15) is 10.4 Å². The molecule has 0 atom stereocenters. The Balaban J connectivity index is 3.16. The first-order chi connectivity index (χ1) is 8.96. The van der Waals surface area contributed by atoms with Crippen molar-refractivity contribution in [2.24, 2.45) is 5.73 Å². The maximum atomic E-state index is 11.9. The fraction of sp³-hybridized carbons (Fsp3) is 0.364. The van der Waals surface area contributed by atoms with E-state index >= 15 is 0 Å². The molecule has 3 N–H and O–H groups in total. The quantitative estimate of drug-likeness (QED) is 0.697. The molecule has 0 radical (unpaired) electrons. The molecule has 0 fully saturated rings. The van der Waals surface area contributed by atoms with E-state index in [-0.39, 0.29) is 29.3 Å². The lowest BCUT2D eigenvalue weighted by molar-refractivity contribution is 0.0597. The van der Waals surface area contributed by atoms with Crippen molar-refractivity contribution in [1.82, 2.24) is 4.72 Å². The van der Waals surface area contributed by atoms with E-state index in [2.05, 4.69) is 9.46 Å².